The van der Waals surface area contributed by atoms with Crippen LogP contribution < -0.4 is 0 Å². The monoisotopic (exact) mass is 336 g/mol. The highest BCUT2D eigenvalue weighted by Gasteiger charge is 2.31. The average molecular weight is 337 g/mol. The Bertz CT molecular complexity index is 418. The highest BCUT2D eigenvalue weighted by molar-refractivity contribution is 5.75. The number of carbonyl (C=O) groups is 1. The predicted octanol–water partition coefficient (Wildman–Crippen LogP) is 6.42. The maximum Gasteiger partial charge on any atom is 0.313 e. The Labute approximate surface area is 150 Å². The Morgan fingerprint density at radius 3 is 1.71 bits per heavy atom. The summed E-state index contributed by atoms with van der Waals surface area (Å²) in [5.74, 6) is 1.30. The number of hydrogen-bond donors (Lipinski definition) is 0. The molecule has 0 N–H and O–H groups in total. The molecule has 3 atom stereocenters. The first-order valence-electron chi connectivity index (χ1n) is 9.56. The Balaban J connectivity index is 5.06. The molecule has 0 aromatic rings. The minimum absolute atomic E-state index is 0.0990. The molecule has 0 spiro atoms. The molecule has 0 rings (SSSR count). The van der Waals surface area contributed by atoms with Crippen LogP contribution in [0.15, 0.2) is 24.3 Å². The molecule has 3 unspecified atom stereocenters. The van der Waals surface area contributed by atoms with E-state index in [0.29, 0.717) is 17.8 Å². The largest absolute Gasteiger partial charge is 0.461 e. The lowest BCUT2D eigenvalue weighted by Gasteiger charge is -2.32. The quantitative estimate of drug-likeness (QED) is 0.321. The van der Waals surface area contributed by atoms with Crippen LogP contribution in [0, 0.1) is 29.6 Å². The molecule has 140 valence electrons. The van der Waals surface area contributed by atoms with Gasteiger partial charge in [-0.15, -0.1) is 0 Å². The maximum atomic E-state index is 12.6. The summed E-state index contributed by atoms with van der Waals surface area (Å²) in [7, 11) is 0. The van der Waals surface area contributed by atoms with Gasteiger partial charge in [-0.3, -0.25) is 4.79 Å². The maximum absolute atomic E-state index is 12.6. The van der Waals surface area contributed by atoms with Crippen LogP contribution in [0.2, 0.25) is 0 Å². The summed E-state index contributed by atoms with van der Waals surface area (Å²) in [6.45, 7) is 25.4. The smallest absolute Gasteiger partial charge is 0.313 e. The van der Waals surface area contributed by atoms with Crippen molar-refractivity contribution in [2.24, 2.45) is 29.6 Å². The van der Waals surface area contributed by atoms with Crippen molar-refractivity contribution < 1.29 is 9.53 Å². The van der Waals surface area contributed by atoms with Gasteiger partial charge >= 0.3 is 5.97 Å². The molecule has 0 bridgehead atoms. The fraction of sp³-hybridized carbons (Fsp3) is 0.773. The van der Waals surface area contributed by atoms with Crippen LogP contribution in [0.3, 0.4) is 0 Å². The van der Waals surface area contributed by atoms with Gasteiger partial charge in [-0.1, -0.05) is 72.8 Å². The molecule has 0 fully saturated rings. The molecule has 0 saturated carbocycles. The van der Waals surface area contributed by atoms with Crippen molar-refractivity contribution in [2.75, 3.05) is 0 Å². The van der Waals surface area contributed by atoms with Crippen molar-refractivity contribution in [3.8, 4) is 0 Å². The molecule has 0 radical (unpaired) electrons. The van der Waals surface area contributed by atoms with E-state index in [4.69, 9.17) is 4.74 Å². The summed E-state index contributed by atoms with van der Waals surface area (Å²) in [4.78, 5) is 12.6. The van der Waals surface area contributed by atoms with Gasteiger partial charge in [0.2, 0.25) is 0 Å². The van der Waals surface area contributed by atoms with Crippen LogP contribution in [0.1, 0.15) is 74.7 Å². The van der Waals surface area contributed by atoms with E-state index >= 15 is 0 Å². The van der Waals surface area contributed by atoms with Crippen LogP contribution in [-0.4, -0.2) is 12.1 Å². The summed E-state index contributed by atoms with van der Waals surface area (Å²) >= 11 is 0. The van der Waals surface area contributed by atoms with Crippen molar-refractivity contribution in [3.63, 3.8) is 0 Å². The Morgan fingerprint density at radius 2 is 1.33 bits per heavy atom. The topological polar surface area (TPSA) is 26.3 Å². The first-order chi connectivity index (χ1) is 11.0. The highest BCUT2D eigenvalue weighted by atomic mass is 16.5. The van der Waals surface area contributed by atoms with Gasteiger partial charge in [0.1, 0.15) is 6.10 Å². The fourth-order valence-corrected chi connectivity index (χ4v) is 3.35. The summed E-state index contributed by atoms with van der Waals surface area (Å²) < 4.78 is 5.93. The van der Waals surface area contributed by atoms with E-state index in [1.807, 2.05) is 6.92 Å². The zero-order valence-electron chi connectivity index (χ0n) is 17.3. The van der Waals surface area contributed by atoms with Crippen molar-refractivity contribution >= 4 is 5.97 Å². The Morgan fingerprint density at radius 1 is 0.875 bits per heavy atom. The third-order valence-corrected chi connectivity index (χ3v) is 4.57. The van der Waals surface area contributed by atoms with Crippen molar-refractivity contribution in [2.45, 2.75) is 80.8 Å². The second-order valence-corrected chi connectivity index (χ2v) is 8.39. The highest BCUT2D eigenvalue weighted by Crippen LogP contribution is 2.32. The lowest BCUT2D eigenvalue weighted by molar-refractivity contribution is -0.155. The minimum atomic E-state index is -0.243. The van der Waals surface area contributed by atoms with Crippen molar-refractivity contribution in [1.82, 2.24) is 0 Å². The molecule has 2 heteroatoms. The van der Waals surface area contributed by atoms with Crippen LogP contribution >= 0.6 is 0 Å². The molecule has 0 aromatic heterocycles. The minimum Gasteiger partial charge on any atom is -0.461 e. The van der Waals surface area contributed by atoms with E-state index in [2.05, 4.69) is 61.6 Å². The summed E-state index contributed by atoms with van der Waals surface area (Å²) in [5.41, 5.74) is 2.17. The number of carbonyl (C=O) groups excluding carboxylic acids is 1. The number of hydrogen-bond acceptors (Lipinski definition) is 2. The Kier molecular flexibility index (Phi) is 10.3. The zero-order valence-corrected chi connectivity index (χ0v) is 17.3. The van der Waals surface area contributed by atoms with E-state index in [-0.39, 0.29) is 23.9 Å². The van der Waals surface area contributed by atoms with Crippen LogP contribution in [0.4, 0.5) is 0 Å². The van der Waals surface area contributed by atoms with Crippen molar-refractivity contribution in [3.05, 3.63) is 24.3 Å². The lowest BCUT2D eigenvalue weighted by Crippen LogP contribution is -2.33. The van der Waals surface area contributed by atoms with Crippen LogP contribution in [-0.2, 0) is 9.53 Å². The molecular formula is C22H40O2. The molecule has 0 aromatic carbocycles. The average Bonchev–Trinajstić information content (AvgIpc) is 2.43. The zero-order chi connectivity index (χ0) is 19.0. The standard InChI is InChI=1S/C22H40O2/c1-11-20(21(16(6)7)18(9)13-15(4)5)24-22(23)19(10)17(8)12-14(2)3/h14-16,19-21H,8-9,11-13H2,1-7,10H3. The third-order valence-electron chi connectivity index (χ3n) is 4.57. The molecule has 0 amide bonds. The normalized spacial score (nSPS) is 15.5. The van der Waals surface area contributed by atoms with Gasteiger partial charge in [-0.25, -0.2) is 0 Å². The SMILES string of the molecule is C=C(CC(C)C)C(C)C(=O)OC(CC)C(C(=C)CC(C)C)C(C)C. The molecule has 0 saturated heterocycles. The molecule has 0 heterocycles. The van der Waals surface area contributed by atoms with E-state index in [1.54, 1.807) is 0 Å². The van der Waals surface area contributed by atoms with Gasteiger partial charge in [0.25, 0.3) is 0 Å². The second kappa shape index (κ2) is 10.7. The molecule has 0 aliphatic rings. The van der Waals surface area contributed by atoms with Gasteiger partial charge in [0.05, 0.1) is 5.92 Å². The number of rotatable bonds is 11. The fourth-order valence-electron chi connectivity index (χ4n) is 3.35. The first-order valence-corrected chi connectivity index (χ1v) is 9.56. The molecule has 24 heavy (non-hydrogen) atoms. The second-order valence-electron chi connectivity index (χ2n) is 8.39. The van der Waals surface area contributed by atoms with Crippen molar-refractivity contribution in [1.29, 1.82) is 0 Å². The van der Waals surface area contributed by atoms with E-state index in [9.17, 15) is 4.79 Å². The van der Waals surface area contributed by atoms with Gasteiger partial charge < -0.3 is 4.74 Å². The van der Waals surface area contributed by atoms with E-state index in [1.165, 1.54) is 5.57 Å². The number of ether oxygens (including phenoxy) is 1. The predicted molar refractivity (Wildman–Crippen MR) is 105 cm³/mol. The van der Waals surface area contributed by atoms with Gasteiger partial charge in [-0.2, -0.15) is 0 Å². The third kappa shape index (κ3) is 7.68. The summed E-state index contributed by atoms with van der Waals surface area (Å²) in [6, 6.07) is 0. The summed E-state index contributed by atoms with van der Waals surface area (Å²) in [5, 5.41) is 0. The van der Waals surface area contributed by atoms with Gasteiger partial charge in [-0.05, 0) is 43.9 Å². The Hall–Kier alpha value is -1.05. The van der Waals surface area contributed by atoms with E-state index in [0.717, 1.165) is 24.8 Å². The molecule has 2 nitrogen and oxygen atoms in total. The first kappa shape index (κ1) is 22.9. The van der Waals surface area contributed by atoms with Gasteiger partial charge in [0, 0.05) is 5.92 Å². The van der Waals surface area contributed by atoms with Crippen LogP contribution in [0.25, 0.3) is 0 Å². The molecule has 0 aliphatic heterocycles. The lowest BCUT2D eigenvalue weighted by atomic mass is 9.80. The van der Waals surface area contributed by atoms with Gasteiger partial charge in [0.15, 0.2) is 0 Å². The van der Waals surface area contributed by atoms with Crippen LogP contribution in [0.5, 0.6) is 0 Å². The summed E-state index contributed by atoms with van der Waals surface area (Å²) in [6.07, 6.45) is 2.56. The van der Waals surface area contributed by atoms with E-state index < -0.39 is 0 Å². The number of esters is 1. The molecular weight excluding hydrogens is 296 g/mol. The molecule has 0 aliphatic carbocycles.